The molecule has 8 heteroatoms. The maximum Gasteiger partial charge on any atom is 0.272 e. The first-order valence-electron chi connectivity index (χ1n) is 9.58. The molecule has 0 spiro atoms. The lowest BCUT2D eigenvalue weighted by Crippen LogP contribution is -2.32. The third-order valence-corrected chi connectivity index (χ3v) is 5.05. The van der Waals surface area contributed by atoms with Crippen LogP contribution >= 0.6 is 0 Å². The van der Waals surface area contributed by atoms with Gasteiger partial charge >= 0.3 is 0 Å². The van der Waals surface area contributed by atoms with E-state index in [-0.39, 0.29) is 12.0 Å². The number of carbonyl (C=O) groups excluding carboxylic acids is 1. The molecule has 1 fully saturated rings. The maximum absolute atomic E-state index is 13.1. The molecule has 0 radical (unpaired) electrons. The summed E-state index contributed by atoms with van der Waals surface area (Å²) in [6.45, 7) is 1.04. The summed E-state index contributed by atoms with van der Waals surface area (Å²) in [6.07, 6.45) is 2.08. The van der Waals surface area contributed by atoms with Gasteiger partial charge in [0.25, 0.3) is 5.91 Å². The van der Waals surface area contributed by atoms with Crippen molar-refractivity contribution in [1.29, 1.82) is 5.26 Å². The van der Waals surface area contributed by atoms with E-state index in [0.717, 1.165) is 11.3 Å². The van der Waals surface area contributed by atoms with Crippen molar-refractivity contribution in [3.63, 3.8) is 0 Å². The molecule has 0 bridgehead atoms. The molecule has 152 valence electrons. The number of pyridine rings is 1. The van der Waals surface area contributed by atoms with Gasteiger partial charge in [-0.3, -0.25) is 9.48 Å². The van der Waals surface area contributed by atoms with E-state index < -0.39 is 0 Å². The van der Waals surface area contributed by atoms with Crippen LogP contribution < -0.4 is 9.47 Å². The smallest absolute Gasteiger partial charge is 0.272 e. The summed E-state index contributed by atoms with van der Waals surface area (Å²) in [6, 6.07) is 14.7. The first-order chi connectivity index (χ1) is 14.6. The van der Waals surface area contributed by atoms with E-state index in [9.17, 15) is 4.79 Å². The highest BCUT2D eigenvalue weighted by molar-refractivity contribution is 5.94. The van der Waals surface area contributed by atoms with Crippen LogP contribution in [0, 0.1) is 11.3 Å². The van der Waals surface area contributed by atoms with E-state index in [4.69, 9.17) is 14.7 Å². The second kappa shape index (κ2) is 8.25. The fourth-order valence-electron chi connectivity index (χ4n) is 3.48. The molecule has 0 saturated carbocycles. The largest absolute Gasteiger partial charge is 0.497 e. The predicted molar refractivity (Wildman–Crippen MR) is 109 cm³/mol. The minimum atomic E-state index is -0.165. The van der Waals surface area contributed by atoms with Gasteiger partial charge in [0.1, 0.15) is 17.5 Å². The lowest BCUT2D eigenvalue weighted by molar-refractivity contribution is 0.0760. The zero-order chi connectivity index (χ0) is 21.1. The molecule has 4 rings (SSSR count). The topological polar surface area (TPSA) is 93.3 Å². The number of benzene rings is 1. The molecule has 1 amide bonds. The summed E-state index contributed by atoms with van der Waals surface area (Å²) >= 11 is 0. The highest BCUT2D eigenvalue weighted by Crippen LogP contribution is 2.25. The Kier molecular flexibility index (Phi) is 5.35. The van der Waals surface area contributed by atoms with Crippen LogP contribution in [0.15, 0.2) is 48.7 Å². The first kappa shape index (κ1) is 19.5. The standard InChI is InChI=1S/C22H21N5O3/c1-26-20(12-19(25-26)16-4-3-5-17(11-16)29-2)22(28)27-9-7-18(14-27)30-21-10-15(13-23)6-8-24-21/h3-6,8,10-12,18H,7,9,14H2,1-2H3. The Balaban J connectivity index is 1.46. The molecule has 3 aromatic rings. The minimum Gasteiger partial charge on any atom is -0.497 e. The average molecular weight is 403 g/mol. The molecule has 1 aliphatic heterocycles. The molecule has 2 aromatic heterocycles. The van der Waals surface area contributed by atoms with Gasteiger partial charge in [-0.1, -0.05) is 12.1 Å². The molecule has 1 aromatic carbocycles. The minimum absolute atomic E-state index is 0.0935. The van der Waals surface area contributed by atoms with Crippen molar-refractivity contribution in [3.05, 3.63) is 59.9 Å². The third kappa shape index (κ3) is 3.96. The van der Waals surface area contributed by atoms with Gasteiger partial charge in [0.2, 0.25) is 5.88 Å². The number of rotatable bonds is 5. The molecule has 1 aliphatic rings. The number of amides is 1. The zero-order valence-corrected chi connectivity index (χ0v) is 16.8. The quantitative estimate of drug-likeness (QED) is 0.650. The number of hydrogen-bond acceptors (Lipinski definition) is 6. The number of likely N-dealkylation sites (tertiary alicyclic amines) is 1. The third-order valence-electron chi connectivity index (χ3n) is 5.05. The van der Waals surface area contributed by atoms with E-state index in [1.165, 1.54) is 0 Å². The Labute approximate surface area is 174 Å². The lowest BCUT2D eigenvalue weighted by atomic mass is 10.1. The van der Waals surface area contributed by atoms with Crippen LogP contribution in [0.2, 0.25) is 0 Å². The molecule has 3 heterocycles. The first-order valence-corrected chi connectivity index (χ1v) is 9.58. The van der Waals surface area contributed by atoms with Crippen LogP contribution in [0.3, 0.4) is 0 Å². The number of aryl methyl sites for hydroxylation is 1. The highest BCUT2D eigenvalue weighted by Gasteiger charge is 2.30. The molecule has 1 unspecified atom stereocenters. The number of hydrogen-bond donors (Lipinski definition) is 0. The summed E-state index contributed by atoms with van der Waals surface area (Å²) in [7, 11) is 3.38. The SMILES string of the molecule is COc1cccc(-c2cc(C(=O)N3CCC(Oc4cc(C#N)ccn4)C3)n(C)n2)c1. The second-order valence-corrected chi connectivity index (χ2v) is 7.04. The number of nitriles is 1. The summed E-state index contributed by atoms with van der Waals surface area (Å²) in [5.41, 5.74) is 2.60. The Morgan fingerprint density at radius 3 is 2.93 bits per heavy atom. The summed E-state index contributed by atoms with van der Waals surface area (Å²) in [5, 5.41) is 13.5. The van der Waals surface area contributed by atoms with Crippen LogP contribution in [-0.2, 0) is 7.05 Å². The van der Waals surface area contributed by atoms with Gasteiger partial charge in [0.05, 0.1) is 31.0 Å². The van der Waals surface area contributed by atoms with Gasteiger partial charge in [0.15, 0.2) is 0 Å². The second-order valence-electron chi connectivity index (χ2n) is 7.04. The van der Waals surface area contributed by atoms with Crippen molar-refractivity contribution in [2.24, 2.45) is 7.05 Å². The summed E-state index contributed by atoms with van der Waals surface area (Å²) in [5.74, 6) is 1.04. The number of aromatic nitrogens is 3. The summed E-state index contributed by atoms with van der Waals surface area (Å²) < 4.78 is 12.7. The average Bonchev–Trinajstić information content (AvgIpc) is 3.40. The molecule has 1 saturated heterocycles. The van der Waals surface area contributed by atoms with Gasteiger partial charge in [-0.05, 0) is 24.3 Å². The highest BCUT2D eigenvalue weighted by atomic mass is 16.5. The fourth-order valence-corrected chi connectivity index (χ4v) is 3.48. The normalized spacial score (nSPS) is 15.6. The van der Waals surface area contributed by atoms with E-state index >= 15 is 0 Å². The van der Waals surface area contributed by atoms with Gasteiger partial charge in [-0.25, -0.2) is 4.98 Å². The Hall–Kier alpha value is -3.86. The molecular weight excluding hydrogens is 382 g/mol. The maximum atomic E-state index is 13.1. The molecule has 0 aliphatic carbocycles. The van der Waals surface area contributed by atoms with Crippen LogP contribution in [0.4, 0.5) is 0 Å². The van der Waals surface area contributed by atoms with Crippen LogP contribution in [0.5, 0.6) is 11.6 Å². The van der Waals surface area contributed by atoms with Crippen molar-refractivity contribution in [1.82, 2.24) is 19.7 Å². The van der Waals surface area contributed by atoms with E-state index in [2.05, 4.69) is 16.2 Å². The van der Waals surface area contributed by atoms with Gasteiger partial charge in [-0.2, -0.15) is 10.4 Å². The number of carbonyl (C=O) groups is 1. The van der Waals surface area contributed by atoms with Crippen molar-refractivity contribution in [3.8, 4) is 29.0 Å². The van der Waals surface area contributed by atoms with Gasteiger partial charge < -0.3 is 14.4 Å². The molecule has 1 atom stereocenters. The number of ether oxygens (including phenoxy) is 2. The zero-order valence-electron chi connectivity index (χ0n) is 16.8. The van der Waals surface area contributed by atoms with Gasteiger partial charge in [0, 0.05) is 37.8 Å². The fraction of sp³-hybridized carbons (Fsp3) is 0.273. The van der Waals surface area contributed by atoms with Crippen molar-refractivity contribution in [2.75, 3.05) is 20.2 Å². The van der Waals surface area contributed by atoms with E-state index in [1.807, 2.05) is 24.3 Å². The van der Waals surface area contributed by atoms with Crippen LogP contribution in [0.25, 0.3) is 11.3 Å². The Morgan fingerprint density at radius 1 is 1.27 bits per heavy atom. The van der Waals surface area contributed by atoms with Gasteiger partial charge in [-0.15, -0.1) is 0 Å². The molecule has 0 N–H and O–H groups in total. The van der Waals surface area contributed by atoms with Crippen molar-refractivity contribution < 1.29 is 14.3 Å². The van der Waals surface area contributed by atoms with Crippen LogP contribution in [0.1, 0.15) is 22.5 Å². The molecular formula is C22H21N5O3. The van der Waals surface area contributed by atoms with Crippen LogP contribution in [-0.4, -0.2) is 51.9 Å². The van der Waals surface area contributed by atoms with Crippen molar-refractivity contribution >= 4 is 5.91 Å². The molecule has 8 nitrogen and oxygen atoms in total. The van der Waals surface area contributed by atoms with E-state index in [0.29, 0.717) is 42.3 Å². The van der Waals surface area contributed by atoms with E-state index in [1.54, 1.807) is 48.1 Å². The Morgan fingerprint density at radius 2 is 2.13 bits per heavy atom. The summed E-state index contributed by atoms with van der Waals surface area (Å²) in [4.78, 5) is 19.0. The number of methoxy groups -OCH3 is 1. The number of nitrogens with zero attached hydrogens (tertiary/aromatic N) is 5. The lowest BCUT2D eigenvalue weighted by Gasteiger charge is -2.17. The Bertz CT molecular complexity index is 1120. The monoisotopic (exact) mass is 403 g/mol. The molecule has 30 heavy (non-hydrogen) atoms. The predicted octanol–water partition coefficient (Wildman–Crippen LogP) is 2.66. The van der Waals surface area contributed by atoms with Crippen molar-refractivity contribution in [2.45, 2.75) is 12.5 Å².